The number of likely N-dealkylation sites (N-methyl/N-ethyl adjacent to an activating group) is 1. The van der Waals surface area contributed by atoms with Crippen LogP contribution in [0.1, 0.15) is 19.3 Å². The zero-order valence-corrected chi connectivity index (χ0v) is 11.9. The van der Waals surface area contributed by atoms with Gasteiger partial charge in [-0.2, -0.15) is 0 Å². The molecule has 1 aromatic carbocycles. The van der Waals surface area contributed by atoms with Gasteiger partial charge in [0.1, 0.15) is 0 Å². The van der Waals surface area contributed by atoms with E-state index in [0.717, 1.165) is 6.54 Å². The van der Waals surface area contributed by atoms with Crippen LogP contribution < -0.4 is 5.32 Å². The number of nitrogens with one attached hydrogen (secondary N) is 1. The van der Waals surface area contributed by atoms with E-state index in [9.17, 15) is 0 Å². The second kappa shape index (κ2) is 5.87. The van der Waals surface area contributed by atoms with E-state index in [2.05, 4.69) is 64.1 Å². The van der Waals surface area contributed by atoms with E-state index in [-0.39, 0.29) is 0 Å². The number of piperidine rings is 1. The molecule has 0 radical (unpaired) electrons. The smallest absolute Gasteiger partial charge is 0.0476 e. The van der Waals surface area contributed by atoms with Crippen molar-refractivity contribution in [2.45, 2.75) is 25.3 Å². The fourth-order valence-corrected chi connectivity index (χ4v) is 2.81. The van der Waals surface area contributed by atoms with E-state index in [4.69, 9.17) is 0 Å². The molecule has 0 aliphatic carbocycles. The summed E-state index contributed by atoms with van der Waals surface area (Å²) in [7, 11) is 2.24. The second-order valence-electron chi connectivity index (χ2n) is 4.49. The number of rotatable bonds is 3. The minimum atomic E-state index is 0.699. The van der Waals surface area contributed by atoms with Crippen LogP contribution in [0.2, 0.25) is 0 Å². The topological polar surface area (TPSA) is 15.3 Å². The summed E-state index contributed by atoms with van der Waals surface area (Å²) in [5.74, 6) is 0. The van der Waals surface area contributed by atoms with Gasteiger partial charge in [0.2, 0.25) is 0 Å². The summed E-state index contributed by atoms with van der Waals surface area (Å²) in [6.07, 6.45) is 4.06. The van der Waals surface area contributed by atoms with Crippen LogP contribution in [0, 0.1) is 3.57 Å². The average Bonchev–Trinajstić information content (AvgIpc) is 2.30. The molecule has 0 spiro atoms. The van der Waals surface area contributed by atoms with E-state index in [0.29, 0.717) is 6.04 Å². The Bertz CT molecular complexity index is 340. The summed E-state index contributed by atoms with van der Waals surface area (Å²) in [5, 5.41) is 3.56. The molecule has 1 N–H and O–H groups in total. The molecule has 1 aliphatic rings. The quantitative estimate of drug-likeness (QED) is 0.857. The fraction of sp³-hybridized carbons (Fsp3) is 0.538. The third kappa shape index (κ3) is 3.10. The maximum Gasteiger partial charge on any atom is 0.0476 e. The second-order valence-corrected chi connectivity index (χ2v) is 5.65. The highest BCUT2D eigenvalue weighted by molar-refractivity contribution is 14.1. The Balaban J connectivity index is 1.89. The van der Waals surface area contributed by atoms with Crippen LogP contribution in [-0.2, 0) is 0 Å². The van der Waals surface area contributed by atoms with Crippen LogP contribution in [0.15, 0.2) is 24.3 Å². The number of halogens is 1. The highest BCUT2D eigenvalue weighted by Crippen LogP contribution is 2.19. The third-order valence-electron chi connectivity index (χ3n) is 3.32. The first-order valence-corrected chi connectivity index (χ1v) is 7.04. The number of nitrogens with zero attached hydrogens (tertiary/aromatic N) is 1. The van der Waals surface area contributed by atoms with Gasteiger partial charge < -0.3 is 10.2 Å². The number of hydrogen-bond acceptors (Lipinski definition) is 2. The molecular weight excluding hydrogens is 311 g/mol. The maximum absolute atomic E-state index is 3.56. The zero-order valence-electron chi connectivity index (χ0n) is 9.75. The molecule has 1 saturated heterocycles. The van der Waals surface area contributed by atoms with Crippen LogP contribution in [0.5, 0.6) is 0 Å². The summed E-state index contributed by atoms with van der Waals surface area (Å²) >= 11 is 2.38. The largest absolute Gasteiger partial charge is 0.383 e. The van der Waals surface area contributed by atoms with Crippen molar-refractivity contribution in [2.75, 3.05) is 25.5 Å². The van der Waals surface area contributed by atoms with Crippen molar-refractivity contribution in [2.24, 2.45) is 0 Å². The molecule has 1 aliphatic heterocycles. The monoisotopic (exact) mass is 330 g/mol. The van der Waals surface area contributed by atoms with E-state index >= 15 is 0 Å². The van der Waals surface area contributed by atoms with Crippen molar-refractivity contribution in [3.63, 3.8) is 0 Å². The van der Waals surface area contributed by atoms with Gasteiger partial charge in [-0.25, -0.2) is 0 Å². The lowest BCUT2D eigenvalue weighted by molar-refractivity contribution is 0.194. The Morgan fingerprint density at radius 3 is 2.94 bits per heavy atom. The van der Waals surface area contributed by atoms with Gasteiger partial charge in [-0.15, -0.1) is 0 Å². The number of anilines is 1. The summed E-state index contributed by atoms with van der Waals surface area (Å²) in [4.78, 5) is 2.48. The molecule has 16 heavy (non-hydrogen) atoms. The molecule has 88 valence electrons. The van der Waals surface area contributed by atoms with Crippen LogP contribution in [0.25, 0.3) is 0 Å². The van der Waals surface area contributed by atoms with Crippen molar-refractivity contribution >= 4 is 28.3 Å². The molecule has 1 heterocycles. The molecule has 2 rings (SSSR count). The Hall–Kier alpha value is -0.290. The number of benzene rings is 1. The fourth-order valence-electron chi connectivity index (χ4n) is 2.23. The van der Waals surface area contributed by atoms with Crippen molar-refractivity contribution < 1.29 is 0 Å². The van der Waals surface area contributed by atoms with Gasteiger partial charge in [-0.05, 0) is 61.2 Å². The summed E-state index contributed by atoms with van der Waals surface area (Å²) < 4.78 is 1.30. The summed E-state index contributed by atoms with van der Waals surface area (Å²) in [6, 6.07) is 9.18. The molecule has 0 aromatic heterocycles. The van der Waals surface area contributed by atoms with Crippen molar-refractivity contribution in [1.29, 1.82) is 0 Å². The van der Waals surface area contributed by atoms with Crippen LogP contribution >= 0.6 is 22.6 Å². The number of hydrogen-bond donors (Lipinski definition) is 1. The molecule has 1 fully saturated rings. The predicted octanol–water partition coefficient (Wildman–Crippen LogP) is 3.19. The van der Waals surface area contributed by atoms with Gasteiger partial charge >= 0.3 is 0 Å². The van der Waals surface area contributed by atoms with E-state index in [1.807, 2.05) is 0 Å². The molecule has 0 saturated carbocycles. The van der Waals surface area contributed by atoms with Crippen molar-refractivity contribution in [3.05, 3.63) is 27.8 Å². The Labute approximate surface area is 112 Å². The van der Waals surface area contributed by atoms with Gasteiger partial charge in [0.25, 0.3) is 0 Å². The van der Waals surface area contributed by atoms with Gasteiger partial charge in [0, 0.05) is 21.8 Å². The third-order valence-corrected chi connectivity index (χ3v) is 4.26. The van der Waals surface area contributed by atoms with Gasteiger partial charge in [-0.3, -0.25) is 0 Å². The molecule has 0 bridgehead atoms. The Morgan fingerprint density at radius 2 is 2.19 bits per heavy atom. The number of likely N-dealkylation sites (tertiary alicyclic amines) is 1. The normalized spacial score (nSPS) is 22.0. The van der Waals surface area contributed by atoms with Crippen molar-refractivity contribution in [1.82, 2.24) is 4.90 Å². The Morgan fingerprint density at radius 1 is 1.38 bits per heavy atom. The molecular formula is C13H19IN2. The molecule has 2 nitrogen and oxygen atoms in total. The predicted molar refractivity (Wildman–Crippen MR) is 77.9 cm³/mol. The first kappa shape index (κ1) is 12.2. The minimum absolute atomic E-state index is 0.699. The van der Waals surface area contributed by atoms with Crippen LogP contribution in [-0.4, -0.2) is 31.1 Å². The number of para-hydroxylation sites is 1. The van der Waals surface area contributed by atoms with E-state index < -0.39 is 0 Å². The highest BCUT2D eigenvalue weighted by atomic mass is 127. The summed E-state index contributed by atoms with van der Waals surface area (Å²) in [6.45, 7) is 2.31. The van der Waals surface area contributed by atoms with Gasteiger partial charge in [0.15, 0.2) is 0 Å². The van der Waals surface area contributed by atoms with Gasteiger partial charge in [-0.1, -0.05) is 18.6 Å². The average molecular weight is 330 g/mol. The van der Waals surface area contributed by atoms with Crippen LogP contribution in [0.3, 0.4) is 0 Å². The van der Waals surface area contributed by atoms with E-state index in [1.165, 1.54) is 35.1 Å². The SMILES string of the molecule is CN1CCCCC1CNc1ccccc1I. The standard InChI is InChI=1S/C13H19IN2/c1-16-9-5-4-6-11(16)10-15-13-8-3-2-7-12(13)14/h2-3,7-8,11,15H,4-6,9-10H2,1H3. The molecule has 1 aromatic rings. The molecule has 3 heteroatoms. The molecule has 1 atom stereocenters. The molecule has 0 amide bonds. The minimum Gasteiger partial charge on any atom is -0.383 e. The lowest BCUT2D eigenvalue weighted by Gasteiger charge is -2.32. The first-order chi connectivity index (χ1) is 7.77. The maximum atomic E-state index is 3.56. The summed E-state index contributed by atoms with van der Waals surface area (Å²) in [5.41, 5.74) is 1.27. The molecule has 1 unspecified atom stereocenters. The van der Waals surface area contributed by atoms with Crippen LogP contribution in [0.4, 0.5) is 5.69 Å². The highest BCUT2D eigenvalue weighted by Gasteiger charge is 2.18. The van der Waals surface area contributed by atoms with E-state index in [1.54, 1.807) is 0 Å². The first-order valence-electron chi connectivity index (χ1n) is 5.96. The lowest BCUT2D eigenvalue weighted by Crippen LogP contribution is -2.40. The Kier molecular flexibility index (Phi) is 4.46. The van der Waals surface area contributed by atoms with Gasteiger partial charge in [0.05, 0.1) is 0 Å². The van der Waals surface area contributed by atoms with Crippen molar-refractivity contribution in [3.8, 4) is 0 Å². The lowest BCUT2D eigenvalue weighted by atomic mass is 10.0. The zero-order chi connectivity index (χ0) is 11.4.